The number of carbonyl (C=O) groups is 1. The Balaban J connectivity index is 2.40. The molecule has 0 amide bonds. The summed E-state index contributed by atoms with van der Waals surface area (Å²) in [7, 11) is 1.91. The van der Waals surface area contributed by atoms with Crippen LogP contribution in [-0.2, 0) is 9.53 Å². The first-order valence-corrected chi connectivity index (χ1v) is 2.86. The number of likely N-dealkylation sites (N-methyl/N-ethyl adjacent to an activating group) is 1. The zero-order valence-corrected chi connectivity index (χ0v) is 5.34. The molecule has 1 atom stereocenters. The predicted molar refractivity (Wildman–Crippen MR) is 30.3 cm³/mol. The predicted octanol–water partition coefficient (Wildman–Crippen LogP) is 0.0887. The van der Waals surface area contributed by atoms with Crippen molar-refractivity contribution >= 4 is 5.97 Å². The van der Waals surface area contributed by atoms with Crippen LogP contribution in [0.5, 0.6) is 0 Å². The van der Waals surface area contributed by atoms with Crippen molar-refractivity contribution in [2.24, 2.45) is 0 Å². The highest BCUT2D eigenvalue weighted by Crippen LogP contribution is 2.40. The van der Waals surface area contributed by atoms with Gasteiger partial charge >= 0.3 is 5.97 Å². The van der Waals surface area contributed by atoms with Gasteiger partial charge in [0.25, 0.3) is 0 Å². The molecular weight excluding hydrogens is 118 g/mol. The molecule has 0 radical (unpaired) electrons. The summed E-state index contributed by atoms with van der Waals surface area (Å²) in [6.07, 6.45) is -0.00231. The van der Waals surface area contributed by atoms with Crippen LogP contribution in [0.1, 0.15) is 6.92 Å². The Hall–Kier alpha value is -0.990. The maximum absolute atomic E-state index is 10.7. The number of hydrogen-bond acceptors (Lipinski definition) is 3. The molecule has 1 fully saturated rings. The van der Waals surface area contributed by atoms with Gasteiger partial charge in [-0.05, 0) is 6.92 Å². The van der Waals surface area contributed by atoms with Crippen LogP contribution in [0.15, 0.2) is 11.3 Å². The minimum atomic E-state index is -0.159. The van der Waals surface area contributed by atoms with Crippen LogP contribution in [0.2, 0.25) is 0 Å². The van der Waals surface area contributed by atoms with Gasteiger partial charge in [-0.2, -0.15) is 0 Å². The van der Waals surface area contributed by atoms with Crippen LogP contribution >= 0.6 is 0 Å². The highest BCUT2D eigenvalue weighted by Gasteiger charge is 2.49. The third-order valence-electron chi connectivity index (χ3n) is 1.81. The molecule has 0 aliphatic carbocycles. The second-order valence-corrected chi connectivity index (χ2v) is 2.38. The van der Waals surface area contributed by atoms with Gasteiger partial charge in [0.15, 0.2) is 0 Å². The SMILES string of the molecule is CC1=C2C(OC1=O)N2C. The molecule has 1 unspecified atom stereocenters. The van der Waals surface area contributed by atoms with Crippen LogP contribution < -0.4 is 0 Å². The largest absolute Gasteiger partial charge is 0.432 e. The maximum atomic E-state index is 10.7. The van der Waals surface area contributed by atoms with Crippen LogP contribution in [0.3, 0.4) is 0 Å². The topological polar surface area (TPSA) is 29.3 Å². The summed E-state index contributed by atoms with van der Waals surface area (Å²) in [5.74, 6) is -0.159. The summed E-state index contributed by atoms with van der Waals surface area (Å²) in [5.41, 5.74) is 1.82. The lowest BCUT2D eigenvalue weighted by Crippen LogP contribution is -2.08. The molecule has 0 saturated carbocycles. The zero-order valence-electron chi connectivity index (χ0n) is 5.34. The van der Waals surface area contributed by atoms with Gasteiger partial charge in [-0.15, -0.1) is 0 Å². The summed E-state index contributed by atoms with van der Waals surface area (Å²) in [6, 6.07) is 0. The lowest BCUT2D eigenvalue weighted by Gasteiger charge is -1.98. The smallest absolute Gasteiger partial charge is 0.337 e. The third kappa shape index (κ3) is 0.399. The number of hydrogen-bond donors (Lipinski definition) is 0. The maximum Gasteiger partial charge on any atom is 0.337 e. The van der Waals surface area contributed by atoms with E-state index in [1.165, 1.54) is 0 Å². The van der Waals surface area contributed by atoms with Crippen molar-refractivity contribution in [3.05, 3.63) is 11.3 Å². The lowest BCUT2D eigenvalue weighted by atomic mass is 10.3. The van der Waals surface area contributed by atoms with Crippen molar-refractivity contribution in [1.82, 2.24) is 4.90 Å². The zero-order chi connectivity index (χ0) is 6.59. The monoisotopic (exact) mass is 125 g/mol. The Kier molecular flexibility index (Phi) is 0.605. The molecule has 2 rings (SSSR count). The first-order valence-electron chi connectivity index (χ1n) is 2.86. The van der Waals surface area contributed by atoms with E-state index in [0.717, 1.165) is 11.3 Å². The Morgan fingerprint density at radius 3 is 2.67 bits per heavy atom. The van der Waals surface area contributed by atoms with Crippen molar-refractivity contribution < 1.29 is 9.53 Å². The summed E-state index contributed by atoms with van der Waals surface area (Å²) in [4.78, 5) is 12.6. The van der Waals surface area contributed by atoms with Gasteiger partial charge in [-0.1, -0.05) is 0 Å². The van der Waals surface area contributed by atoms with E-state index in [1.54, 1.807) is 6.92 Å². The average molecular weight is 125 g/mol. The Morgan fingerprint density at radius 1 is 1.67 bits per heavy atom. The quantitative estimate of drug-likeness (QED) is 0.339. The number of ether oxygens (including phenoxy) is 1. The van der Waals surface area contributed by atoms with Gasteiger partial charge in [0.2, 0.25) is 6.23 Å². The summed E-state index contributed by atoms with van der Waals surface area (Å²) in [6.45, 7) is 1.79. The van der Waals surface area contributed by atoms with Gasteiger partial charge in [0.05, 0.1) is 11.3 Å². The first kappa shape index (κ1) is 4.85. The molecule has 0 aromatic heterocycles. The Morgan fingerprint density at radius 2 is 2.33 bits per heavy atom. The third-order valence-corrected chi connectivity index (χ3v) is 1.81. The number of fused-ring (bicyclic) bond motifs is 1. The molecule has 0 spiro atoms. The van der Waals surface area contributed by atoms with Gasteiger partial charge in [0.1, 0.15) is 0 Å². The van der Waals surface area contributed by atoms with E-state index in [0.29, 0.717) is 0 Å². The van der Waals surface area contributed by atoms with E-state index in [4.69, 9.17) is 4.74 Å². The summed E-state index contributed by atoms with van der Waals surface area (Å²) in [5, 5.41) is 0. The molecule has 48 valence electrons. The molecule has 0 bridgehead atoms. The van der Waals surface area contributed by atoms with Crippen molar-refractivity contribution in [1.29, 1.82) is 0 Å². The number of rotatable bonds is 0. The molecule has 0 aromatic carbocycles. The van der Waals surface area contributed by atoms with E-state index in [1.807, 2.05) is 11.9 Å². The molecule has 9 heavy (non-hydrogen) atoms. The number of esters is 1. The fourth-order valence-electron chi connectivity index (χ4n) is 1.14. The van der Waals surface area contributed by atoms with Crippen LogP contribution in [0.4, 0.5) is 0 Å². The van der Waals surface area contributed by atoms with Crippen molar-refractivity contribution in [2.75, 3.05) is 7.05 Å². The van der Waals surface area contributed by atoms with Gasteiger partial charge in [0, 0.05) is 7.05 Å². The molecule has 1 saturated heterocycles. The second kappa shape index (κ2) is 1.12. The van der Waals surface area contributed by atoms with Crippen LogP contribution in [0.25, 0.3) is 0 Å². The van der Waals surface area contributed by atoms with E-state index in [-0.39, 0.29) is 12.2 Å². The van der Waals surface area contributed by atoms with E-state index in [2.05, 4.69) is 0 Å². The minimum absolute atomic E-state index is 0.00231. The highest BCUT2D eigenvalue weighted by molar-refractivity contribution is 5.93. The summed E-state index contributed by atoms with van der Waals surface area (Å²) >= 11 is 0. The van der Waals surface area contributed by atoms with Crippen LogP contribution in [-0.4, -0.2) is 24.1 Å². The number of carbonyl (C=O) groups excluding carboxylic acids is 1. The van der Waals surface area contributed by atoms with Crippen molar-refractivity contribution in [3.63, 3.8) is 0 Å². The van der Waals surface area contributed by atoms with Crippen molar-refractivity contribution in [3.8, 4) is 0 Å². The molecule has 3 heteroatoms. The number of nitrogens with zero attached hydrogens (tertiary/aromatic N) is 1. The molecule has 0 N–H and O–H groups in total. The summed E-state index contributed by atoms with van der Waals surface area (Å²) < 4.78 is 4.87. The van der Waals surface area contributed by atoms with E-state index in [9.17, 15) is 4.79 Å². The first-order chi connectivity index (χ1) is 4.22. The Bertz CT molecular complexity index is 219. The standard InChI is InChI=1S/C6H7NO2/c1-3-4-5(7(4)2)9-6(3)8/h5H,1-2H3. The highest BCUT2D eigenvalue weighted by atomic mass is 16.6. The van der Waals surface area contributed by atoms with E-state index >= 15 is 0 Å². The molecule has 2 heterocycles. The van der Waals surface area contributed by atoms with Gasteiger partial charge < -0.3 is 9.64 Å². The average Bonchev–Trinajstić information content (AvgIpc) is 2.29. The van der Waals surface area contributed by atoms with Crippen molar-refractivity contribution in [2.45, 2.75) is 13.2 Å². The van der Waals surface area contributed by atoms with Gasteiger partial charge in [-0.3, -0.25) is 0 Å². The van der Waals surface area contributed by atoms with Crippen LogP contribution in [0, 0.1) is 0 Å². The minimum Gasteiger partial charge on any atom is -0.432 e. The normalized spacial score (nSPS) is 30.7. The fourth-order valence-corrected chi connectivity index (χ4v) is 1.14. The molecule has 2 aliphatic rings. The lowest BCUT2D eigenvalue weighted by molar-refractivity contribution is -0.140. The molecule has 2 aliphatic heterocycles. The van der Waals surface area contributed by atoms with E-state index < -0.39 is 0 Å². The van der Waals surface area contributed by atoms with Gasteiger partial charge in [-0.25, -0.2) is 4.79 Å². The molecule has 0 aromatic rings. The Labute approximate surface area is 52.9 Å². The second-order valence-electron chi connectivity index (χ2n) is 2.38. The fraction of sp³-hybridized carbons (Fsp3) is 0.500. The molecular formula is C6H7NO2. The molecule has 3 nitrogen and oxygen atoms in total.